The highest BCUT2D eigenvalue weighted by molar-refractivity contribution is 7.99. The van der Waals surface area contributed by atoms with Gasteiger partial charge in [0.25, 0.3) is 0 Å². The minimum atomic E-state index is -0.272. The number of fused-ring (bicyclic) bond motifs is 1. The number of hydrogen-bond donors (Lipinski definition) is 0. The summed E-state index contributed by atoms with van der Waals surface area (Å²) in [7, 11) is 0. The van der Waals surface area contributed by atoms with Gasteiger partial charge in [-0.2, -0.15) is 20.1 Å². The van der Waals surface area contributed by atoms with Gasteiger partial charge in [-0.15, -0.1) is 11.8 Å². The van der Waals surface area contributed by atoms with Crippen LogP contribution in [0.15, 0.2) is 44.6 Å². The summed E-state index contributed by atoms with van der Waals surface area (Å²) in [5, 5.41) is 10.2. The molecule has 3 aromatic heterocycles. The van der Waals surface area contributed by atoms with Crippen LogP contribution in [-0.2, 0) is 0 Å². The van der Waals surface area contributed by atoms with Crippen molar-refractivity contribution in [3.8, 4) is 11.3 Å². The molecule has 0 atom stereocenters. The quantitative estimate of drug-likeness (QED) is 0.252. The number of thiophene rings is 1. The number of likely N-dealkylation sites (tertiary alicyclic amines) is 1. The summed E-state index contributed by atoms with van der Waals surface area (Å²) in [5.74, 6) is 2.05. The lowest BCUT2D eigenvalue weighted by atomic mass is 9.92. The van der Waals surface area contributed by atoms with Crippen LogP contribution < -0.4 is 0 Å². The number of piperidine rings is 1. The van der Waals surface area contributed by atoms with Crippen molar-refractivity contribution in [1.82, 2.24) is 18.8 Å². The van der Waals surface area contributed by atoms with Gasteiger partial charge in [-0.05, 0) is 62.5 Å². The molecule has 4 aromatic rings. The standard InChI is InChI=1S/C21H21FN4OS3/c22-16-2-3-17-18(12-16)23-27-20(17)14-4-8-26(9-5-14)7-1-10-29-21-19(24-30-25-21)15-6-11-28-13-15/h2-3,6,11-14H,1,4-5,7-10H2. The van der Waals surface area contributed by atoms with Crippen molar-refractivity contribution in [2.24, 2.45) is 0 Å². The molecule has 4 heterocycles. The van der Waals surface area contributed by atoms with E-state index in [0.29, 0.717) is 11.4 Å². The summed E-state index contributed by atoms with van der Waals surface area (Å²) >= 11 is 4.78. The highest BCUT2D eigenvalue weighted by Crippen LogP contribution is 2.34. The number of aromatic nitrogens is 3. The molecule has 0 saturated carbocycles. The van der Waals surface area contributed by atoms with Gasteiger partial charge in [0.2, 0.25) is 0 Å². The van der Waals surface area contributed by atoms with Crippen molar-refractivity contribution >= 4 is 45.7 Å². The molecular weight excluding hydrogens is 439 g/mol. The van der Waals surface area contributed by atoms with E-state index < -0.39 is 0 Å². The van der Waals surface area contributed by atoms with E-state index in [9.17, 15) is 4.39 Å². The molecule has 1 fully saturated rings. The zero-order chi connectivity index (χ0) is 20.3. The van der Waals surface area contributed by atoms with E-state index in [2.05, 4.69) is 35.6 Å². The van der Waals surface area contributed by atoms with Crippen LogP contribution in [0.5, 0.6) is 0 Å². The van der Waals surface area contributed by atoms with Crippen LogP contribution in [0, 0.1) is 5.82 Å². The average Bonchev–Trinajstić information content (AvgIpc) is 3.51. The zero-order valence-corrected chi connectivity index (χ0v) is 18.7. The molecule has 5 nitrogen and oxygen atoms in total. The summed E-state index contributed by atoms with van der Waals surface area (Å²) < 4.78 is 27.9. The second-order valence-electron chi connectivity index (χ2n) is 7.46. The number of hydrogen-bond acceptors (Lipinski definition) is 8. The number of halogens is 1. The predicted molar refractivity (Wildman–Crippen MR) is 121 cm³/mol. The fourth-order valence-electron chi connectivity index (χ4n) is 3.96. The van der Waals surface area contributed by atoms with E-state index >= 15 is 0 Å². The molecule has 1 aliphatic heterocycles. The number of benzene rings is 1. The third-order valence-electron chi connectivity index (χ3n) is 5.54. The van der Waals surface area contributed by atoms with E-state index in [1.54, 1.807) is 29.2 Å². The molecule has 1 saturated heterocycles. The molecule has 5 rings (SSSR count). The molecule has 0 spiro atoms. The number of rotatable bonds is 7. The molecule has 0 bridgehead atoms. The SMILES string of the molecule is Fc1ccc2c(C3CCN(CCCSc4nsnc4-c4ccsc4)CC3)onc2c1. The molecule has 1 aliphatic rings. The van der Waals surface area contributed by atoms with E-state index in [-0.39, 0.29) is 5.82 Å². The molecule has 0 amide bonds. The Kier molecular flexibility index (Phi) is 6.12. The second-order valence-corrected chi connectivity index (χ2v) is 9.85. The molecule has 0 aliphatic carbocycles. The van der Waals surface area contributed by atoms with Gasteiger partial charge in [0, 0.05) is 34.1 Å². The van der Waals surface area contributed by atoms with Crippen molar-refractivity contribution in [1.29, 1.82) is 0 Å². The van der Waals surface area contributed by atoms with Crippen LogP contribution in [0.4, 0.5) is 4.39 Å². The van der Waals surface area contributed by atoms with Crippen LogP contribution in [0.2, 0.25) is 0 Å². The van der Waals surface area contributed by atoms with Crippen molar-refractivity contribution in [3.63, 3.8) is 0 Å². The third kappa shape index (κ3) is 4.30. The maximum Gasteiger partial charge on any atom is 0.147 e. The summed E-state index contributed by atoms with van der Waals surface area (Å²) in [6.07, 6.45) is 3.22. The highest BCUT2D eigenvalue weighted by Gasteiger charge is 2.25. The lowest BCUT2D eigenvalue weighted by molar-refractivity contribution is 0.199. The van der Waals surface area contributed by atoms with Crippen LogP contribution in [-0.4, -0.2) is 44.2 Å². The Balaban J connectivity index is 1.09. The van der Waals surface area contributed by atoms with Gasteiger partial charge in [0.15, 0.2) is 0 Å². The van der Waals surface area contributed by atoms with Crippen molar-refractivity contribution in [3.05, 3.63) is 46.6 Å². The van der Waals surface area contributed by atoms with Gasteiger partial charge in [-0.3, -0.25) is 0 Å². The third-order valence-corrected chi connectivity index (χ3v) is 7.91. The second kappa shape index (κ2) is 9.13. The molecule has 0 unspecified atom stereocenters. The van der Waals surface area contributed by atoms with Gasteiger partial charge in [-0.1, -0.05) is 5.16 Å². The number of nitrogens with zero attached hydrogens (tertiary/aromatic N) is 4. The molecule has 9 heteroatoms. The summed E-state index contributed by atoms with van der Waals surface area (Å²) in [4.78, 5) is 2.52. The zero-order valence-electron chi connectivity index (χ0n) is 16.3. The minimum absolute atomic E-state index is 0.272. The van der Waals surface area contributed by atoms with Crippen molar-refractivity contribution < 1.29 is 8.91 Å². The normalized spacial score (nSPS) is 15.9. The smallest absolute Gasteiger partial charge is 0.147 e. The Morgan fingerprint density at radius 1 is 1.20 bits per heavy atom. The largest absolute Gasteiger partial charge is 0.360 e. The highest BCUT2D eigenvalue weighted by atomic mass is 32.2. The van der Waals surface area contributed by atoms with E-state index in [4.69, 9.17) is 4.52 Å². The lowest BCUT2D eigenvalue weighted by Gasteiger charge is -2.30. The van der Waals surface area contributed by atoms with Gasteiger partial charge in [0.05, 0.1) is 11.7 Å². The monoisotopic (exact) mass is 460 g/mol. The Bertz CT molecular complexity index is 1100. The molecule has 30 heavy (non-hydrogen) atoms. The van der Waals surface area contributed by atoms with Gasteiger partial charge >= 0.3 is 0 Å². The van der Waals surface area contributed by atoms with Crippen LogP contribution in [0.3, 0.4) is 0 Å². The van der Waals surface area contributed by atoms with E-state index in [1.165, 1.54) is 29.4 Å². The van der Waals surface area contributed by atoms with Gasteiger partial charge < -0.3 is 9.42 Å². The fourth-order valence-corrected chi connectivity index (χ4v) is 6.21. The van der Waals surface area contributed by atoms with Gasteiger partial charge in [-0.25, -0.2) is 4.39 Å². The summed E-state index contributed by atoms with van der Waals surface area (Å²) in [5.41, 5.74) is 2.80. The number of thioether (sulfide) groups is 1. The Labute approximate surface area is 186 Å². The molecule has 0 radical (unpaired) electrons. The van der Waals surface area contributed by atoms with E-state index in [1.807, 2.05) is 0 Å². The molecule has 0 N–H and O–H groups in total. The molecule has 156 valence electrons. The fraction of sp³-hybridized carbons (Fsp3) is 0.381. The lowest BCUT2D eigenvalue weighted by Crippen LogP contribution is -2.33. The van der Waals surface area contributed by atoms with E-state index in [0.717, 1.165) is 66.5 Å². The first kappa shape index (κ1) is 20.1. The Morgan fingerprint density at radius 3 is 2.93 bits per heavy atom. The first-order chi connectivity index (χ1) is 14.8. The van der Waals surface area contributed by atoms with Crippen LogP contribution in [0.25, 0.3) is 22.2 Å². The Morgan fingerprint density at radius 2 is 2.10 bits per heavy atom. The maximum atomic E-state index is 13.4. The summed E-state index contributed by atoms with van der Waals surface area (Å²) in [6, 6.07) is 6.82. The van der Waals surface area contributed by atoms with Crippen molar-refractivity contribution in [2.45, 2.75) is 30.2 Å². The maximum absolute atomic E-state index is 13.4. The first-order valence-corrected chi connectivity index (χ1v) is 12.7. The van der Waals surface area contributed by atoms with Crippen molar-refractivity contribution in [2.75, 3.05) is 25.4 Å². The first-order valence-electron chi connectivity index (χ1n) is 10.0. The topological polar surface area (TPSA) is 55.1 Å². The van der Waals surface area contributed by atoms with Crippen LogP contribution >= 0.6 is 34.8 Å². The van der Waals surface area contributed by atoms with Gasteiger partial charge in [0.1, 0.15) is 27.8 Å². The Hall–Kier alpha value is -1.81. The molecular formula is C21H21FN4OS3. The molecule has 1 aromatic carbocycles. The average molecular weight is 461 g/mol. The van der Waals surface area contributed by atoms with Crippen LogP contribution in [0.1, 0.15) is 30.9 Å². The predicted octanol–water partition coefficient (Wildman–Crippen LogP) is 5.91. The summed E-state index contributed by atoms with van der Waals surface area (Å²) in [6.45, 7) is 3.20. The minimum Gasteiger partial charge on any atom is -0.360 e.